The fourth-order valence-corrected chi connectivity index (χ4v) is 8.55. The summed E-state index contributed by atoms with van der Waals surface area (Å²) in [4.78, 5) is 25.8. The standard InChI is InChI=1S/C30H34O6/c1-17-7-5-6-8-22(17)30(34)35-16-25(33)29(36-30)18(2)13-23-21-10-9-19-14-20(31)11-12-27(19,3)26(21)24(32)15-28(23,29)4/h5-12,14,18,21,23-24,26,32,34H,13,15-16H2,1-4H3/t18-,21+,23+,24+,26-,27+,28+,29+,30?/m1/s1. The van der Waals surface area contributed by atoms with E-state index < -0.39 is 28.5 Å². The quantitative estimate of drug-likeness (QED) is 0.623. The monoisotopic (exact) mass is 490 g/mol. The minimum absolute atomic E-state index is 0.00799. The first-order chi connectivity index (χ1) is 17.0. The molecular formula is C30H34O6. The van der Waals surface area contributed by atoms with Gasteiger partial charge in [-0.2, -0.15) is 0 Å². The Morgan fingerprint density at radius 3 is 2.61 bits per heavy atom. The van der Waals surface area contributed by atoms with Crippen LogP contribution in [0, 0.1) is 41.4 Å². The summed E-state index contributed by atoms with van der Waals surface area (Å²) in [6.45, 7) is 7.78. The number of rotatable bonds is 1. The summed E-state index contributed by atoms with van der Waals surface area (Å²) in [6, 6.07) is 7.33. The molecule has 0 aromatic heterocycles. The first kappa shape index (κ1) is 24.0. The summed E-state index contributed by atoms with van der Waals surface area (Å²) < 4.78 is 12.2. The van der Waals surface area contributed by atoms with E-state index in [4.69, 9.17) is 9.47 Å². The molecule has 36 heavy (non-hydrogen) atoms. The summed E-state index contributed by atoms with van der Waals surface area (Å²) in [5.74, 6) is -2.54. The molecule has 3 fully saturated rings. The molecule has 190 valence electrons. The molecule has 1 spiro atoms. The molecule has 0 bridgehead atoms. The summed E-state index contributed by atoms with van der Waals surface area (Å²) in [6.07, 6.45) is 9.72. The zero-order valence-corrected chi connectivity index (χ0v) is 21.2. The number of fused-ring (bicyclic) bond motifs is 6. The van der Waals surface area contributed by atoms with Crippen molar-refractivity contribution in [1.29, 1.82) is 0 Å². The molecule has 5 aliphatic rings. The second-order valence-electron chi connectivity index (χ2n) is 12.0. The van der Waals surface area contributed by atoms with Gasteiger partial charge in [-0.15, -0.1) is 0 Å². The van der Waals surface area contributed by atoms with Gasteiger partial charge in [0, 0.05) is 22.3 Å². The molecule has 6 nitrogen and oxygen atoms in total. The van der Waals surface area contributed by atoms with Gasteiger partial charge in [0.2, 0.25) is 0 Å². The van der Waals surface area contributed by atoms with E-state index in [0.29, 0.717) is 12.0 Å². The number of aliphatic hydroxyl groups is 2. The van der Waals surface area contributed by atoms with Crippen molar-refractivity contribution in [2.45, 2.75) is 58.2 Å². The molecule has 1 aliphatic heterocycles. The fourth-order valence-electron chi connectivity index (χ4n) is 8.55. The van der Waals surface area contributed by atoms with Crippen LogP contribution in [0.4, 0.5) is 0 Å². The lowest BCUT2D eigenvalue weighted by Crippen LogP contribution is -2.68. The molecule has 2 N–H and O–H groups in total. The normalized spacial score (nSPS) is 47.4. The van der Waals surface area contributed by atoms with E-state index in [1.165, 1.54) is 0 Å². The van der Waals surface area contributed by atoms with Crippen molar-refractivity contribution in [2.75, 3.05) is 6.61 Å². The molecule has 4 aliphatic carbocycles. The number of ether oxygens (including phenoxy) is 2. The molecule has 1 heterocycles. The zero-order valence-electron chi connectivity index (χ0n) is 21.2. The van der Waals surface area contributed by atoms with E-state index >= 15 is 0 Å². The van der Waals surface area contributed by atoms with Crippen LogP contribution in [0.25, 0.3) is 0 Å². The maximum absolute atomic E-state index is 13.8. The highest BCUT2D eigenvalue weighted by Crippen LogP contribution is 2.69. The Bertz CT molecular complexity index is 1250. The number of carbonyl (C=O) groups is 2. The minimum atomic E-state index is -2.05. The molecule has 9 atom stereocenters. The fraction of sp³-hybridized carbons (Fsp3) is 0.533. The van der Waals surface area contributed by atoms with Gasteiger partial charge in [0.25, 0.3) is 0 Å². The number of benzene rings is 1. The highest BCUT2D eigenvalue weighted by Gasteiger charge is 2.74. The lowest BCUT2D eigenvalue weighted by molar-refractivity contribution is -0.432. The summed E-state index contributed by atoms with van der Waals surface area (Å²) in [5, 5.41) is 23.4. The van der Waals surface area contributed by atoms with E-state index in [1.54, 1.807) is 18.2 Å². The zero-order chi connectivity index (χ0) is 25.7. The van der Waals surface area contributed by atoms with Crippen LogP contribution in [0.1, 0.15) is 44.7 Å². The average Bonchev–Trinajstić information content (AvgIpc) is 3.04. The lowest BCUT2D eigenvalue weighted by atomic mass is 9.47. The molecule has 0 amide bonds. The molecule has 6 rings (SSSR count). The lowest BCUT2D eigenvalue weighted by Gasteiger charge is -2.60. The molecular weight excluding hydrogens is 456 g/mol. The SMILES string of the molecule is Cc1ccccc1C1(O)OCC(=O)[C@@]2(O1)[C@H](C)C[C@H]1[C@@H]3C=CC4=CC(=O)C=C[C@]4(C)[C@H]3[C@@H](O)C[C@@]12C. The molecule has 1 aromatic carbocycles. The van der Waals surface area contributed by atoms with Crippen LogP contribution < -0.4 is 0 Å². The van der Waals surface area contributed by atoms with E-state index in [0.717, 1.165) is 17.6 Å². The van der Waals surface area contributed by atoms with Crippen molar-refractivity contribution in [3.8, 4) is 0 Å². The predicted octanol–water partition coefficient (Wildman–Crippen LogP) is 3.75. The van der Waals surface area contributed by atoms with Crippen LogP contribution in [0.5, 0.6) is 0 Å². The third-order valence-electron chi connectivity index (χ3n) is 10.2. The third-order valence-corrected chi connectivity index (χ3v) is 10.2. The molecule has 2 saturated carbocycles. The van der Waals surface area contributed by atoms with Crippen LogP contribution in [-0.4, -0.2) is 40.1 Å². The number of aliphatic hydroxyl groups excluding tert-OH is 1. The average molecular weight is 491 g/mol. The maximum Gasteiger partial charge on any atom is 0.311 e. The van der Waals surface area contributed by atoms with Gasteiger partial charge in [-0.3, -0.25) is 9.59 Å². The summed E-state index contributed by atoms with van der Waals surface area (Å²) in [5.41, 5.74) is -0.269. The van der Waals surface area contributed by atoms with Crippen LogP contribution in [0.15, 0.2) is 60.2 Å². The Balaban J connectivity index is 1.46. The Morgan fingerprint density at radius 2 is 1.86 bits per heavy atom. The van der Waals surface area contributed by atoms with Crippen LogP contribution in [-0.2, 0) is 25.0 Å². The molecule has 1 unspecified atom stereocenters. The van der Waals surface area contributed by atoms with Gasteiger partial charge in [0.1, 0.15) is 12.2 Å². The molecule has 1 aromatic rings. The van der Waals surface area contributed by atoms with E-state index in [1.807, 2.05) is 51.1 Å². The Labute approximate surface area is 211 Å². The Hall–Kier alpha value is -2.38. The first-order valence-electron chi connectivity index (χ1n) is 12.9. The van der Waals surface area contributed by atoms with Gasteiger partial charge >= 0.3 is 5.97 Å². The van der Waals surface area contributed by atoms with Crippen molar-refractivity contribution in [3.63, 3.8) is 0 Å². The number of hydrogen-bond acceptors (Lipinski definition) is 6. The van der Waals surface area contributed by atoms with Crippen molar-refractivity contribution in [2.24, 2.45) is 34.5 Å². The summed E-state index contributed by atoms with van der Waals surface area (Å²) in [7, 11) is 0. The van der Waals surface area contributed by atoms with Crippen LogP contribution >= 0.6 is 0 Å². The van der Waals surface area contributed by atoms with E-state index in [-0.39, 0.29) is 41.8 Å². The Kier molecular flexibility index (Phi) is 5.05. The van der Waals surface area contributed by atoms with E-state index in [2.05, 4.69) is 13.0 Å². The third kappa shape index (κ3) is 2.87. The number of carbonyl (C=O) groups excluding carboxylic acids is 2. The second-order valence-corrected chi connectivity index (χ2v) is 12.0. The molecule has 6 heteroatoms. The van der Waals surface area contributed by atoms with Gasteiger partial charge in [-0.1, -0.05) is 63.3 Å². The first-order valence-corrected chi connectivity index (χ1v) is 12.9. The number of hydrogen-bond donors (Lipinski definition) is 2. The maximum atomic E-state index is 13.8. The van der Waals surface area contributed by atoms with E-state index in [9.17, 15) is 19.8 Å². The number of aryl methyl sites for hydroxylation is 1. The van der Waals surface area contributed by atoms with Crippen molar-refractivity contribution in [3.05, 3.63) is 71.3 Å². The highest BCUT2D eigenvalue weighted by molar-refractivity contribution is 6.01. The highest BCUT2D eigenvalue weighted by atomic mass is 16.8. The molecule has 0 radical (unpaired) electrons. The van der Waals surface area contributed by atoms with Gasteiger partial charge in [0.05, 0.1) is 6.10 Å². The smallest absolute Gasteiger partial charge is 0.311 e. The minimum Gasteiger partial charge on any atom is -0.393 e. The van der Waals surface area contributed by atoms with Crippen LogP contribution in [0.2, 0.25) is 0 Å². The number of Topliss-reactive ketones (excluding diaryl/α,β-unsaturated/α-hetero) is 1. The predicted molar refractivity (Wildman–Crippen MR) is 132 cm³/mol. The molecule has 1 saturated heterocycles. The topological polar surface area (TPSA) is 93.1 Å². The van der Waals surface area contributed by atoms with Crippen LogP contribution in [0.3, 0.4) is 0 Å². The number of allylic oxidation sites excluding steroid dienone is 6. The second kappa shape index (κ2) is 7.57. The van der Waals surface area contributed by atoms with Gasteiger partial charge in [-0.05, 0) is 60.8 Å². The largest absolute Gasteiger partial charge is 0.393 e. The summed E-state index contributed by atoms with van der Waals surface area (Å²) >= 11 is 0. The Morgan fingerprint density at radius 1 is 1.11 bits per heavy atom. The van der Waals surface area contributed by atoms with Crippen molar-refractivity contribution in [1.82, 2.24) is 0 Å². The van der Waals surface area contributed by atoms with Gasteiger partial charge in [-0.25, -0.2) is 0 Å². The number of ketones is 2. The van der Waals surface area contributed by atoms with Gasteiger partial charge in [0.15, 0.2) is 11.6 Å². The van der Waals surface area contributed by atoms with Crippen molar-refractivity contribution >= 4 is 11.6 Å². The van der Waals surface area contributed by atoms with Gasteiger partial charge < -0.3 is 19.7 Å². The van der Waals surface area contributed by atoms with Crippen molar-refractivity contribution < 1.29 is 29.3 Å².